The third-order valence-corrected chi connectivity index (χ3v) is 7.15. The summed E-state index contributed by atoms with van der Waals surface area (Å²) in [7, 11) is -2.43. The number of halogens is 2. The summed E-state index contributed by atoms with van der Waals surface area (Å²) in [6.45, 7) is 1.60. The van der Waals surface area contributed by atoms with Crippen molar-refractivity contribution in [1.29, 1.82) is 0 Å². The van der Waals surface area contributed by atoms with Gasteiger partial charge in [-0.3, -0.25) is 13.9 Å². The van der Waals surface area contributed by atoms with E-state index in [4.69, 9.17) is 32.7 Å². The standard InChI is InChI=1S/C22H25Cl2N3O6S/c1-14(22(29)25-2)26(12-16-17(23)5-4-6-18(16)24)21(28)13-27(34(3,30)31)15-7-8-19-20(11-15)33-10-9-32-19/h4-8,11,14H,9-10,12-13H2,1-3H3,(H,25,29). The van der Waals surface area contributed by atoms with Gasteiger partial charge in [0, 0.05) is 35.3 Å². The van der Waals surface area contributed by atoms with E-state index in [1.807, 2.05) is 0 Å². The molecule has 34 heavy (non-hydrogen) atoms. The molecule has 1 aliphatic rings. The van der Waals surface area contributed by atoms with Crippen LogP contribution >= 0.6 is 23.2 Å². The number of likely N-dealkylation sites (N-methyl/N-ethyl adjacent to an activating group) is 1. The van der Waals surface area contributed by atoms with E-state index in [0.29, 0.717) is 40.3 Å². The molecule has 0 spiro atoms. The Bertz CT molecular complexity index is 1170. The Hall–Kier alpha value is -2.69. The van der Waals surface area contributed by atoms with Gasteiger partial charge in [0.05, 0.1) is 11.9 Å². The normalized spacial score (nSPS) is 13.7. The van der Waals surface area contributed by atoms with Gasteiger partial charge in [0.25, 0.3) is 0 Å². The zero-order valence-electron chi connectivity index (χ0n) is 18.9. The first-order chi connectivity index (χ1) is 16.0. The Morgan fingerprint density at radius 1 is 1.09 bits per heavy atom. The van der Waals surface area contributed by atoms with Gasteiger partial charge in [-0.05, 0) is 31.2 Å². The molecule has 0 radical (unpaired) electrons. The van der Waals surface area contributed by atoms with Crippen molar-refractivity contribution in [1.82, 2.24) is 10.2 Å². The van der Waals surface area contributed by atoms with Crippen molar-refractivity contribution in [2.45, 2.75) is 19.5 Å². The van der Waals surface area contributed by atoms with Crippen molar-refractivity contribution in [2.75, 3.05) is 37.4 Å². The van der Waals surface area contributed by atoms with Crippen molar-refractivity contribution in [3.63, 3.8) is 0 Å². The molecule has 0 saturated heterocycles. The van der Waals surface area contributed by atoms with Crippen LogP contribution in [0.2, 0.25) is 10.0 Å². The Morgan fingerprint density at radius 3 is 2.29 bits per heavy atom. The Labute approximate surface area is 208 Å². The monoisotopic (exact) mass is 529 g/mol. The number of anilines is 1. The molecule has 0 bridgehead atoms. The van der Waals surface area contributed by atoms with Crippen molar-refractivity contribution >= 4 is 50.7 Å². The van der Waals surface area contributed by atoms with Crippen LogP contribution in [0.1, 0.15) is 12.5 Å². The van der Waals surface area contributed by atoms with Crippen LogP contribution in [-0.4, -0.2) is 64.2 Å². The number of amides is 2. The lowest BCUT2D eigenvalue weighted by Crippen LogP contribution is -2.50. The van der Waals surface area contributed by atoms with Crippen LogP contribution in [0.3, 0.4) is 0 Å². The minimum absolute atomic E-state index is 0.0926. The zero-order valence-corrected chi connectivity index (χ0v) is 21.2. The maximum Gasteiger partial charge on any atom is 0.244 e. The van der Waals surface area contributed by atoms with Crippen LogP contribution in [0.25, 0.3) is 0 Å². The Balaban J connectivity index is 1.96. The molecule has 184 valence electrons. The van der Waals surface area contributed by atoms with Gasteiger partial charge >= 0.3 is 0 Å². The molecule has 1 aliphatic heterocycles. The highest BCUT2D eigenvalue weighted by atomic mass is 35.5. The van der Waals surface area contributed by atoms with Gasteiger partial charge in [0.15, 0.2) is 11.5 Å². The molecule has 3 rings (SSSR count). The fourth-order valence-corrected chi connectivity index (χ4v) is 4.80. The van der Waals surface area contributed by atoms with Crippen LogP contribution < -0.4 is 19.1 Å². The molecule has 1 unspecified atom stereocenters. The summed E-state index contributed by atoms with van der Waals surface area (Å²) in [6, 6.07) is 8.59. The first-order valence-corrected chi connectivity index (χ1v) is 12.9. The number of rotatable bonds is 8. The predicted molar refractivity (Wildman–Crippen MR) is 130 cm³/mol. The van der Waals surface area contributed by atoms with E-state index in [1.54, 1.807) is 24.3 Å². The van der Waals surface area contributed by atoms with Gasteiger partial charge in [-0.25, -0.2) is 8.42 Å². The SMILES string of the molecule is CNC(=O)C(C)N(Cc1c(Cl)cccc1Cl)C(=O)CN(c1ccc2c(c1)OCCO2)S(C)(=O)=O. The maximum absolute atomic E-state index is 13.4. The number of nitrogens with zero attached hydrogens (tertiary/aromatic N) is 2. The lowest BCUT2D eigenvalue weighted by Gasteiger charge is -2.32. The highest BCUT2D eigenvalue weighted by Gasteiger charge is 2.31. The van der Waals surface area contributed by atoms with E-state index >= 15 is 0 Å². The van der Waals surface area contributed by atoms with Gasteiger partial charge in [-0.15, -0.1) is 0 Å². The summed E-state index contributed by atoms with van der Waals surface area (Å²) in [5.41, 5.74) is 0.670. The molecule has 2 aromatic carbocycles. The van der Waals surface area contributed by atoms with Gasteiger partial charge in [-0.2, -0.15) is 0 Å². The minimum atomic E-state index is -3.88. The van der Waals surface area contributed by atoms with E-state index < -0.39 is 34.4 Å². The van der Waals surface area contributed by atoms with Gasteiger partial charge in [-0.1, -0.05) is 29.3 Å². The third kappa shape index (κ3) is 5.86. The third-order valence-electron chi connectivity index (χ3n) is 5.30. The molecule has 2 amide bonds. The average molecular weight is 530 g/mol. The number of ether oxygens (including phenoxy) is 2. The first kappa shape index (κ1) is 25.9. The highest BCUT2D eigenvalue weighted by Crippen LogP contribution is 2.35. The number of sulfonamides is 1. The summed E-state index contributed by atoms with van der Waals surface area (Å²) in [5.74, 6) is -0.185. The molecule has 1 atom stereocenters. The lowest BCUT2D eigenvalue weighted by molar-refractivity contribution is -0.139. The van der Waals surface area contributed by atoms with Crippen LogP contribution in [0.4, 0.5) is 5.69 Å². The van der Waals surface area contributed by atoms with Crippen molar-refractivity contribution < 1.29 is 27.5 Å². The number of benzene rings is 2. The summed E-state index contributed by atoms with van der Waals surface area (Å²) < 4.78 is 37.3. The summed E-state index contributed by atoms with van der Waals surface area (Å²) >= 11 is 12.6. The first-order valence-electron chi connectivity index (χ1n) is 10.3. The van der Waals surface area contributed by atoms with Crippen LogP contribution in [0, 0.1) is 0 Å². The molecular formula is C22H25Cl2N3O6S. The average Bonchev–Trinajstić information content (AvgIpc) is 2.80. The lowest BCUT2D eigenvalue weighted by atomic mass is 10.1. The van der Waals surface area contributed by atoms with Gasteiger partial charge in [0.2, 0.25) is 21.8 Å². The quantitative estimate of drug-likeness (QED) is 0.563. The zero-order chi connectivity index (χ0) is 25.0. The summed E-state index contributed by atoms with van der Waals surface area (Å²) in [5, 5.41) is 3.14. The number of carbonyl (C=O) groups is 2. The highest BCUT2D eigenvalue weighted by molar-refractivity contribution is 7.92. The molecule has 0 aliphatic carbocycles. The van der Waals surface area contributed by atoms with Gasteiger partial charge < -0.3 is 19.7 Å². The minimum Gasteiger partial charge on any atom is -0.486 e. The molecule has 0 aromatic heterocycles. The maximum atomic E-state index is 13.4. The molecular weight excluding hydrogens is 505 g/mol. The molecule has 9 nitrogen and oxygen atoms in total. The van der Waals surface area contributed by atoms with E-state index in [2.05, 4.69) is 5.32 Å². The summed E-state index contributed by atoms with van der Waals surface area (Å²) in [4.78, 5) is 27.1. The van der Waals surface area contributed by atoms with Crippen molar-refractivity contribution in [3.8, 4) is 11.5 Å². The van der Waals surface area contributed by atoms with E-state index in [0.717, 1.165) is 10.6 Å². The molecule has 1 heterocycles. The largest absolute Gasteiger partial charge is 0.486 e. The van der Waals surface area contributed by atoms with Crippen LogP contribution in [0.5, 0.6) is 11.5 Å². The van der Waals surface area contributed by atoms with Gasteiger partial charge in [0.1, 0.15) is 25.8 Å². The second kappa shape index (κ2) is 10.7. The number of fused-ring (bicyclic) bond motifs is 1. The van der Waals surface area contributed by atoms with E-state index in [1.165, 1.54) is 31.0 Å². The molecule has 12 heteroatoms. The smallest absolute Gasteiger partial charge is 0.244 e. The number of carbonyl (C=O) groups excluding carboxylic acids is 2. The molecule has 0 fully saturated rings. The van der Waals surface area contributed by atoms with Crippen LogP contribution in [0.15, 0.2) is 36.4 Å². The second-order valence-corrected chi connectivity index (χ2v) is 10.3. The fourth-order valence-electron chi connectivity index (χ4n) is 3.45. The van der Waals surface area contributed by atoms with E-state index in [9.17, 15) is 18.0 Å². The van der Waals surface area contributed by atoms with E-state index in [-0.39, 0.29) is 12.2 Å². The number of hydrogen-bond donors (Lipinski definition) is 1. The van der Waals surface area contributed by atoms with Crippen LogP contribution in [-0.2, 0) is 26.2 Å². The predicted octanol–water partition coefficient (Wildman–Crippen LogP) is 2.69. The number of hydrogen-bond acceptors (Lipinski definition) is 6. The molecule has 2 aromatic rings. The Morgan fingerprint density at radius 2 is 1.71 bits per heavy atom. The topological polar surface area (TPSA) is 105 Å². The molecule has 1 N–H and O–H groups in total. The fraction of sp³-hybridized carbons (Fsp3) is 0.364. The van der Waals surface area contributed by atoms with Crippen molar-refractivity contribution in [2.24, 2.45) is 0 Å². The van der Waals surface area contributed by atoms with Crippen molar-refractivity contribution in [3.05, 3.63) is 52.0 Å². The number of nitrogens with one attached hydrogen (secondary N) is 1. The molecule has 0 saturated carbocycles. The second-order valence-electron chi connectivity index (χ2n) is 7.61. The Kier molecular flexibility index (Phi) is 8.17. The summed E-state index contributed by atoms with van der Waals surface area (Å²) in [6.07, 6.45) is 0.995.